The highest BCUT2D eigenvalue weighted by molar-refractivity contribution is 5.41. The van der Waals surface area contributed by atoms with Crippen molar-refractivity contribution in [2.45, 2.75) is 39.5 Å². The number of aliphatic hydroxyl groups is 1. The van der Waals surface area contributed by atoms with Crippen LogP contribution in [0.2, 0.25) is 0 Å². The van der Waals surface area contributed by atoms with Crippen LogP contribution in [0.1, 0.15) is 38.8 Å². The average molecular weight is 265 g/mol. The minimum absolute atomic E-state index is 0.0396. The van der Waals surface area contributed by atoms with Crippen molar-refractivity contribution in [2.24, 2.45) is 11.7 Å². The smallest absolute Gasteiger partial charge is 0.123 e. The highest BCUT2D eigenvalue weighted by Crippen LogP contribution is 2.32. The second-order valence-electron chi connectivity index (χ2n) is 6.00. The summed E-state index contributed by atoms with van der Waals surface area (Å²) in [7, 11) is 0. The van der Waals surface area contributed by atoms with Crippen LogP contribution in [-0.2, 0) is 11.8 Å². The van der Waals surface area contributed by atoms with Crippen LogP contribution in [0.4, 0.5) is 0 Å². The molecule has 1 aromatic rings. The summed E-state index contributed by atoms with van der Waals surface area (Å²) in [6.07, 6.45) is 0.808. The zero-order valence-electron chi connectivity index (χ0n) is 12.6. The number of hydrogen-bond acceptors (Lipinski definition) is 3. The van der Waals surface area contributed by atoms with Gasteiger partial charge in [-0.05, 0) is 48.4 Å². The predicted molar refractivity (Wildman–Crippen MR) is 79.6 cm³/mol. The van der Waals surface area contributed by atoms with Crippen molar-refractivity contribution in [1.29, 1.82) is 0 Å². The van der Waals surface area contributed by atoms with Gasteiger partial charge in [-0.3, -0.25) is 0 Å². The topological polar surface area (TPSA) is 55.5 Å². The van der Waals surface area contributed by atoms with E-state index in [4.69, 9.17) is 10.5 Å². The largest absolute Gasteiger partial charge is 0.494 e. The van der Waals surface area contributed by atoms with Crippen LogP contribution in [0.3, 0.4) is 0 Å². The summed E-state index contributed by atoms with van der Waals surface area (Å²) >= 11 is 0. The van der Waals surface area contributed by atoms with Gasteiger partial charge in [0.15, 0.2) is 0 Å². The van der Waals surface area contributed by atoms with Gasteiger partial charge in [-0.25, -0.2) is 0 Å². The highest BCUT2D eigenvalue weighted by Gasteiger charge is 2.20. The first-order valence-electron chi connectivity index (χ1n) is 6.99. The molecular formula is C16H27NO2. The SMILES string of the molecule is CCOc1ccc(CC(CN)CO)cc1C(C)(C)C. The third kappa shape index (κ3) is 4.51. The Morgan fingerprint density at radius 1 is 1.32 bits per heavy atom. The molecule has 0 aromatic heterocycles. The molecule has 0 spiro atoms. The number of nitrogens with two attached hydrogens (primary N) is 1. The second-order valence-corrected chi connectivity index (χ2v) is 6.00. The minimum atomic E-state index is 0.0396. The molecule has 0 heterocycles. The lowest BCUT2D eigenvalue weighted by atomic mass is 9.84. The molecule has 19 heavy (non-hydrogen) atoms. The molecule has 3 heteroatoms. The van der Waals surface area contributed by atoms with E-state index in [2.05, 4.69) is 32.9 Å². The first-order valence-corrected chi connectivity index (χ1v) is 6.99. The maximum atomic E-state index is 9.25. The zero-order valence-corrected chi connectivity index (χ0v) is 12.6. The Morgan fingerprint density at radius 3 is 2.47 bits per heavy atom. The van der Waals surface area contributed by atoms with E-state index in [1.165, 1.54) is 11.1 Å². The van der Waals surface area contributed by atoms with E-state index in [1.807, 2.05) is 13.0 Å². The number of rotatable bonds is 6. The molecular weight excluding hydrogens is 238 g/mol. The molecule has 1 unspecified atom stereocenters. The van der Waals surface area contributed by atoms with Crippen LogP contribution >= 0.6 is 0 Å². The van der Waals surface area contributed by atoms with Gasteiger partial charge in [0.05, 0.1) is 6.61 Å². The van der Waals surface area contributed by atoms with Gasteiger partial charge in [-0.15, -0.1) is 0 Å². The van der Waals surface area contributed by atoms with Crippen LogP contribution in [0.5, 0.6) is 5.75 Å². The quantitative estimate of drug-likeness (QED) is 0.831. The van der Waals surface area contributed by atoms with E-state index in [0.29, 0.717) is 13.2 Å². The third-order valence-corrected chi connectivity index (χ3v) is 3.27. The third-order valence-electron chi connectivity index (χ3n) is 3.27. The molecule has 0 saturated heterocycles. The van der Waals surface area contributed by atoms with E-state index in [0.717, 1.165) is 12.2 Å². The van der Waals surface area contributed by atoms with E-state index in [-0.39, 0.29) is 17.9 Å². The summed E-state index contributed by atoms with van der Waals surface area (Å²) in [5.74, 6) is 1.08. The highest BCUT2D eigenvalue weighted by atomic mass is 16.5. The van der Waals surface area contributed by atoms with Crippen LogP contribution in [-0.4, -0.2) is 24.9 Å². The Balaban J connectivity index is 3.04. The summed E-state index contributed by atoms with van der Waals surface area (Å²) in [5.41, 5.74) is 8.10. The molecule has 1 rings (SSSR count). The van der Waals surface area contributed by atoms with Gasteiger partial charge in [-0.1, -0.05) is 32.9 Å². The van der Waals surface area contributed by atoms with Crippen molar-refractivity contribution in [1.82, 2.24) is 0 Å². The van der Waals surface area contributed by atoms with Crippen molar-refractivity contribution in [2.75, 3.05) is 19.8 Å². The van der Waals surface area contributed by atoms with Crippen LogP contribution < -0.4 is 10.5 Å². The van der Waals surface area contributed by atoms with Gasteiger partial charge < -0.3 is 15.6 Å². The average Bonchev–Trinajstić information content (AvgIpc) is 2.36. The number of hydrogen-bond donors (Lipinski definition) is 2. The molecule has 1 aromatic carbocycles. The fraction of sp³-hybridized carbons (Fsp3) is 0.625. The molecule has 0 aliphatic carbocycles. The van der Waals surface area contributed by atoms with Crippen molar-refractivity contribution in [3.63, 3.8) is 0 Å². The summed E-state index contributed by atoms with van der Waals surface area (Å²) in [6.45, 7) is 9.85. The Hall–Kier alpha value is -1.06. The van der Waals surface area contributed by atoms with Crippen molar-refractivity contribution in [3.05, 3.63) is 29.3 Å². The summed E-state index contributed by atoms with van der Waals surface area (Å²) < 4.78 is 5.70. The fourth-order valence-corrected chi connectivity index (χ4v) is 2.13. The lowest BCUT2D eigenvalue weighted by Crippen LogP contribution is -2.21. The lowest BCUT2D eigenvalue weighted by Gasteiger charge is -2.24. The number of aliphatic hydroxyl groups excluding tert-OH is 1. The van der Waals surface area contributed by atoms with Crippen LogP contribution in [0, 0.1) is 5.92 Å². The standard InChI is InChI=1S/C16H27NO2/c1-5-19-15-7-6-12(8-13(10-17)11-18)9-14(15)16(2,3)4/h6-7,9,13,18H,5,8,10-11,17H2,1-4H3. The number of benzene rings is 1. The molecule has 0 aliphatic rings. The summed E-state index contributed by atoms with van der Waals surface area (Å²) in [5, 5.41) is 9.25. The van der Waals surface area contributed by atoms with Gasteiger partial charge in [0.2, 0.25) is 0 Å². The van der Waals surface area contributed by atoms with Gasteiger partial charge in [-0.2, -0.15) is 0 Å². The van der Waals surface area contributed by atoms with E-state index in [9.17, 15) is 5.11 Å². The van der Waals surface area contributed by atoms with Crippen molar-refractivity contribution < 1.29 is 9.84 Å². The van der Waals surface area contributed by atoms with E-state index < -0.39 is 0 Å². The van der Waals surface area contributed by atoms with Crippen LogP contribution in [0.25, 0.3) is 0 Å². The molecule has 3 N–H and O–H groups in total. The Labute approximate surface area is 116 Å². The molecule has 0 saturated carbocycles. The predicted octanol–water partition coefficient (Wildman–Crippen LogP) is 2.49. The molecule has 0 radical (unpaired) electrons. The van der Waals surface area contributed by atoms with Gasteiger partial charge in [0.25, 0.3) is 0 Å². The Bertz CT molecular complexity index is 392. The molecule has 0 amide bonds. The molecule has 3 nitrogen and oxygen atoms in total. The van der Waals surface area contributed by atoms with Crippen molar-refractivity contribution in [3.8, 4) is 5.75 Å². The maximum Gasteiger partial charge on any atom is 0.123 e. The summed E-state index contributed by atoms with van der Waals surface area (Å²) in [4.78, 5) is 0. The first kappa shape index (κ1) is 16.0. The van der Waals surface area contributed by atoms with E-state index in [1.54, 1.807) is 0 Å². The van der Waals surface area contributed by atoms with E-state index >= 15 is 0 Å². The second kappa shape index (κ2) is 6.92. The number of ether oxygens (including phenoxy) is 1. The monoisotopic (exact) mass is 265 g/mol. The molecule has 0 bridgehead atoms. The molecule has 108 valence electrons. The first-order chi connectivity index (χ1) is 8.92. The molecule has 1 atom stereocenters. The maximum absolute atomic E-state index is 9.25. The molecule has 0 aliphatic heterocycles. The van der Waals surface area contributed by atoms with Gasteiger partial charge in [0, 0.05) is 6.61 Å². The van der Waals surface area contributed by atoms with Crippen LogP contribution in [0.15, 0.2) is 18.2 Å². The minimum Gasteiger partial charge on any atom is -0.494 e. The normalized spacial score (nSPS) is 13.4. The fourth-order valence-electron chi connectivity index (χ4n) is 2.13. The molecule has 0 fully saturated rings. The van der Waals surface area contributed by atoms with Gasteiger partial charge in [0.1, 0.15) is 5.75 Å². The Morgan fingerprint density at radius 2 is 2.00 bits per heavy atom. The summed E-state index contributed by atoms with van der Waals surface area (Å²) in [6, 6.07) is 6.28. The zero-order chi connectivity index (χ0) is 14.5. The van der Waals surface area contributed by atoms with Crippen molar-refractivity contribution >= 4 is 0 Å². The lowest BCUT2D eigenvalue weighted by molar-refractivity contribution is 0.229. The Kier molecular flexibility index (Phi) is 5.83. The van der Waals surface area contributed by atoms with Gasteiger partial charge >= 0.3 is 0 Å².